The van der Waals surface area contributed by atoms with Gasteiger partial charge in [0, 0.05) is 43.2 Å². The summed E-state index contributed by atoms with van der Waals surface area (Å²) in [7, 11) is 1.54. The van der Waals surface area contributed by atoms with Crippen molar-refractivity contribution in [2.24, 2.45) is 0 Å². The first-order chi connectivity index (χ1) is 10.7. The number of aromatic nitrogens is 1. The Labute approximate surface area is 129 Å². The number of pyridine rings is 1. The van der Waals surface area contributed by atoms with E-state index in [4.69, 9.17) is 4.74 Å². The van der Waals surface area contributed by atoms with E-state index in [2.05, 4.69) is 10.3 Å². The van der Waals surface area contributed by atoms with Crippen molar-refractivity contribution in [1.82, 2.24) is 15.2 Å². The van der Waals surface area contributed by atoms with E-state index >= 15 is 0 Å². The molecule has 6 heteroatoms. The maximum Gasteiger partial charge on any atom is 0.251 e. The van der Waals surface area contributed by atoms with Crippen LogP contribution in [0.25, 0.3) is 0 Å². The van der Waals surface area contributed by atoms with Gasteiger partial charge < -0.3 is 15.0 Å². The maximum atomic E-state index is 12.2. The minimum Gasteiger partial charge on any atom is -0.375 e. The lowest BCUT2D eigenvalue weighted by Gasteiger charge is -2.39. The first-order valence-electron chi connectivity index (χ1n) is 7.70. The number of methoxy groups -OCH3 is 1. The summed E-state index contributed by atoms with van der Waals surface area (Å²) in [6.45, 7) is 0.140. The molecule has 2 aliphatic rings. The molecule has 0 radical (unpaired) electrons. The molecule has 0 spiro atoms. The topological polar surface area (TPSA) is 71.5 Å². The van der Waals surface area contributed by atoms with Gasteiger partial charge in [0.1, 0.15) is 6.61 Å². The number of fused-ring (bicyclic) bond motifs is 2. The van der Waals surface area contributed by atoms with Crippen LogP contribution in [-0.4, -0.2) is 53.5 Å². The van der Waals surface area contributed by atoms with Gasteiger partial charge >= 0.3 is 0 Å². The number of carbonyl (C=O) groups is 2. The summed E-state index contributed by atoms with van der Waals surface area (Å²) in [4.78, 5) is 30.2. The molecule has 0 aliphatic carbocycles. The molecule has 1 aromatic heterocycles. The Morgan fingerprint density at radius 3 is 2.50 bits per heavy atom. The van der Waals surface area contributed by atoms with Crippen LogP contribution < -0.4 is 5.32 Å². The Morgan fingerprint density at radius 1 is 1.27 bits per heavy atom. The van der Waals surface area contributed by atoms with Crippen molar-refractivity contribution in [2.75, 3.05) is 13.7 Å². The zero-order valence-electron chi connectivity index (χ0n) is 12.7. The predicted molar refractivity (Wildman–Crippen MR) is 80.3 cm³/mol. The Hall–Kier alpha value is -1.95. The average Bonchev–Trinajstić information content (AvgIpc) is 2.80. The summed E-state index contributed by atoms with van der Waals surface area (Å²) >= 11 is 0. The molecule has 1 N–H and O–H groups in total. The van der Waals surface area contributed by atoms with E-state index in [1.54, 1.807) is 31.6 Å². The minimum absolute atomic E-state index is 0.0638. The number of nitrogens with zero attached hydrogens (tertiary/aromatic N) is 2. The van der Waals surface area contributed by atoms with E-state index in [1.165, 1.54) is 0 Å². The molecule has 2 fully saturated rings. The zero-order chi connectivity index (χ0) is 15.5. The second-order valence-electron chi connectivity index (χ2n) is 6.00. The van der Waals surface area contributed by atoms with Gasteiger partial charge in [0.05, 0.1) is 0 Å². The molecular formula is C16H21N3O3. The Kier molecular flexibility index (Phi) is 4.38. The molecule has 2 bridgehead atoms. The van der Waals surface area contributed by atoms with E-state index < -0.39 is 0 Å². The molecule has 1 unspecified atom stereocenters. The molecule has 118 valence electrons. The predicted octanol–water partition coefficient (Wildman–Crippen LogP) is 0.980. The van der Waals surface area contributed by atoms with Crippen molar-refractivity contribution in [3.63, 3.8) is 0 Å². The fourth-order valence-corrected chi connectivity index (χ4v) is 3.67. The molecule has 0 saturated carbocycles. The number of carbonyl (C=O) groups excluding carboxylic acids is 2. The summed E-state index contributed by atoms with van der Waals surface area (Å²) in [6, 6.07) is 4.00. The van der Waals surface area contributed by atoms with Crippen LogP contribution in [0.5, 0.6) is 0 Å². The first-order valence-corrected chi connectivity index (χ1v) is 7.70. The van der Waals surface area contributed by atoms with Crippen LogP contribution in [-0.2, 0) is 9.53 Å². The molecule has 3 heterocycles. The van der Waals surface area contributed by atoms with E-state index in [-0.39, 0.29) is 36.5 Å². The third-order valence-electron chi connectivity index (χ3n) is 4.57. The lowest BCUT2D eigenvalue weighted by molar-refractivity contribution is -0.139. The normalized spacial score (nSPS) is 26.8. The summed E-state index contributed by atoms with van der Waals surface area (Å²) in [5.41, 5.74) is 0.625. The zero-order valence-corrected chi connectivity index (χ0v) is 12.7. The van der Waals surface area contributed by atoms with Crippen LogP contribution in [0.1, 0.15) is 36.0 Å². The average molecular weight is 303 g/mol. The summed E-state index contributed by atoms with van der Waals surface area (Å²) in [6.07, 6.45) is 6.91. The SMILES string of the molecule is COCC(=O)N1[C@@H]2CC[C@H]1CC(NC(=O)c1ccncc1)C2. The largest absolute Gasteiger partial charge is 0.375 e. The van der Waals surface area contributed by atoms with Crippen LogP contribution in [0.15, 0.2) is 24.5 Å². The lowest BCUT2D eigenvalue weighted by atomic mass is 9.97. The Balaban J connectivity index is 1.61. The monoisotopic (exact) mass is 303 g/mol. The van der Waals surface area contributed by atoms with E-state index in [1.807, 2.05) is 4.90 Å². The highest BCUT2D eigenvalue weighted by atomic mass is 16.5. The molecular weight excluding hydrogens is 282 g/mol. The highest BCUT2D eigenvalue weighted by molar-refractivity contribution is 5.94. The van der Waals surface area contributed by atoms with Crippen LogP contribution in [0, 0.1) is 0 Å². The molecule has 6 nitrogen and oxygen atoms in total. The lowest BCUT2D eigenvalue weighted by Crippen LogP contribution is -2.53. The van der Waals surface area contributed by atoms with Crippen LogP contribution in [0.2, 0.25) is 0 Å². The van der Waals surface area contributed by atoms with E-state index in [0.29, 0.717) is 5.56 Å². The highest BCUT2D eigenvalue weighted by Gasteiger charge is 2.43. The number of hydrogen-bond donors (Lipinski definition) is 1. The van der Waals surface area contributed by atoms with Crippen molar-refractivity contribution in [2.45, 2.75) is 43.8 Å². The molecule has 2 aliphatic heterocycles. The smallest absolute Gasteiger partial charge is 0.251 e. The maximum absolute atomic E-state index is 12.2. The molecule has 2 saturated heterocycles. The number of rotatable bonds is 4. The van der Waals surface area contributed by atoms with Gasteiger partial charge in [0.25, 0.3) is 5.91 Å². The Bertz CT molecular complexity index is 535. The van der Waals surface area contributed by atoms with Crippen molar-refractivity contribution in [3.8, 4) is 0 Å². The first kappa shape index (κ1) is 15.0. The summed E-state index contributed by atoms with van der Waals surface area (Å²) in [5, 5.41) is 3.09. The third kappa shape index (κ3) is 2.97. The molecule has 22 heavy (non-hydrogen) atoms. The van der Waals surface area contributed by atoms with Gasteiger partial charge in [0.2, 0.25) is 5.91 Å². The van der Waals surface area contributed by atoms with Crippen LogP contribution in [0.4, 0.5) is 0 Å². The van der Waals surface area contributed by atoms with Crippen molar-refractivity contribution >= 4 is 11.8 Å². The number of ether oxygens (including phenoxy) is 1. The third-order valence-corrected chi connectivity index (χ3v) is 4.57. The minimum atomic E-state index is -0.0662. The van der Waals surface area contributed by atoms with Gasteiger partial charge in [-0.05, 0) is 37.8 Å². The van der Waals surface area contributed by atoms with Crippen LogP contribution >= 0.6 is 0 Å². The fraction of sp³-hybridized carbons (Fsp3) is 0.562. The standard InChI is InChI=1S/C16H21N3O3/c1-22-10-15(20)19-13-2-3-14(19)9-12(8-13)18-16(21)11-4-6-17-7-5-11/h4-7,12-14H,2-3,8-10H2,1H3,(H,18,21)/t12?,13-,14+. The summed E-state index contributed by atoms with van der Waals surface area (Å²) in [5.74, 6) is -0.00243. The highest BCUT2D eigenvalue weighted by Crippen LogP contribution is 2.35. The van der Waals surface area contributed by atoms with Crippen LogP contribution in [0.3, 0.4) is 0 Å². The number of amides is 2. The molecule has 2 amide bonds. The molecule has 0 aromatic carbocycles. The fourth-order valence-electron chi connectivity index (χ4n) is 3.67. The van der Waals surface area contributed by atoms with Gasteiger partial charge in [-0.25, -0.2) is 0 Å². The molecule has 3 atom stereocenters. The number of hydrogen-bond acceptors (Lipinski definition) is 4. The van der Waals surface area contributed by atoms with E-state index in [0.717, 1.165) is 25.7 Å². The van der Waals surface area contributed by atoms with Gasteiger partial charge in [-0.1, -0.05) is 0 Å². The number of piperidine rings is 1. The van der Waals surface area contributed by atoms with E-state index in [9.17, 15) is 9.59 Å². The van der Waals surface area contributed by atoms with Gasteiger partial charge in [-0.15, -0.1) is 0 Å². The molecule has 3 rings (SSSR count). The second-order valence-corrected chi connectivity index (χ2v) is 6.00. The van der Waals surface area contributed by atoms with Crippen molar-refractivity contribution in [1.29, 1.82) is 0 Å². The summed E-state index contributed by atoms with van der Waals surface area (Å²) < 4.78 is 4.96. The number of nitrogens with one attached hydrogen (secondary N) is 1. The second kappa shape index (κ2) is 6.44. The van der Waals surface area contributed by atoms with Gasteiger partial charge in [-0.3, -0.25) is 14.6 Å². The van der Waals surface area contributed by atoms with Gasteiger partial charge in [-0.2, -0.15) is 0 Å². The van der Waals surface area contributed by atoms with Crippen molar-refractivity contribution in [3.05, 3.63) is 30.1 Å². The molecule has 1 aromatic rings. The Morgan fingerprint density at radius 2 is 1.91 bits per heavy atom. The van der Waals surface area contributed by atoms with Gasteiger partial charge in [0.15, 0.2) is 0 Å². The quantitative estimate of drug-likeness (QED) is 0.900. The van der Waals surface area contributed by atoms with Crippen molar-refractivity contribution < 1.29 is 14.3 Å².